The minimum atomic E-state index is -0.0302. The number of hydrogen-bond donors (Lipinski definition) is 2. The second-order valence-corrected chi connectivity index (χ2v) is 3.72. The number of amides is 2. The van der Waals surface area contributed by atoms with Crippen LogP contribution in [0.1, 0.15) is 53.4 Å². The zero-order valence-corrected chi connectivity index (χ0v) is 9.94. The Morgan fingerprint density at radius 3 is 1.93 bits per heavy atom. The average molecular weight is 200 g/mol. The third kappa shape index (κ3) is 3.99. The van der Waals surface area contributed by atoms with Crippen LogP contribution >= 0.6 is 0 Å². The summed E-state index contributed by atoms with van der Waals surface area (Å²) in [5.74, 6) is 0. The van der Waals surface area contributed by atoms with Gasteiger partial charge in [0.2, 0.25) is 0 Å². The van der Waals surface area contributed by atoms with Crippen molar-refractivity contribution in [1.82, 2.24) is 10.6 Å². The normalized spacial score (nSPS) is 11.1. The fourth-order valence-electron chi connectivity index (χ4n) is 1.54. The smallest absolute Gasteiger partial charge is 0.315 e. The lowest BCUT2D eigenvalue weighted by molar-refractivity contribution is 0.218. The highest BCUT2D eigenvalue weighted by molar-refractivity contribution is 5.74. The van der Waals surface area contributed by atoms with Crippen LogP contribution < -0.4 is 10.6 Å². The SMILES string of the molecule is CCCNC(=O)NC(CC)(CC)CC. The van der Waals surface area contributed by atoms with Crippen molar-refractivity contribution < 1.29 is 4.79 Å². The molecule has 0 bridgehead atoms. The predicted octanol–water partition coefficient (Wildman–Crippen LogP) is 2.66. The van der Waals surface area contributed by atoms with Gasteiger partial charge >= 0.3 is 6.03 Å². The third-order valence-electron chi connectivity index (χ3n) is 2.94. The van der Waals surface area contributed by atoms with E-state index in [1.54, 1.807) is 0 Å². The summed E-state index contributed by atoms with van der Waals surface area (Å²) in [5, 5.41) is 5.90. The van der Waals surface area contributed by atoms with Gasteiger partial charge in [0, 0.05) is 12.1 Å². The van der Waals surface area contributed by atoms with E-state index in [4.69, 9.17) is 0 Å². The van der Waals surface area contributed by atoms with Gasteiger partial charge in [-0.05, 0) is 25.7 Å². The molecule has 0 aliphatic heterocycles. The van der Waals surface area contributed by atoms with Gasteiger partial charge in [-0.2, -0.15) is 0 Å². The molecule has 14 heavy (non-hydrogen) atoms. The van der Waals surface area contributed by atoms with E-state index in [0.717, 1.165) is 32.2 Å². The molecular weight excluding hydrogens is 176 g/mol. The van der Waals surface area contributed by atoms with Crippen LogP contribution in [-0.4, -0.2) is 18.1 Å². The maximum absolute atomic E-state index is 11.5. The molecule has 84 valence electrons. The Labute approximate surface area is 87.6 Å². The molecule has 0 rings (SSSR count). The Kier molecular flexibility index (Phi) is 6.34. The monoisotopic (exact) mass is 200 g/mol. The van der Waals surface area contributed by atoms with Crippen LogP contribution in [0.4, 0.5) is 4.79 Å². The van der Waals surface area contributed by atoms with E-state index in [9.17, 15) is 4.79 Å². The lowest BCUT2D eigenvalue weighted by Gasteiger charge is -2.31. The van der Waals surface area contributed by atoms with Gasteiger partial charge in [0.05, 0.1) is 0 Å². The van der Waals surface area contributed by atoms with Gasteiger partial charge in [-0.15, -0.1) is 0 Å². The standard InChI is InChI=1S/C11H24N2O/c1-5-9-12-10(14)13-11(6-2,7-3)8-4/h5-9H2,1-4H3,(H2,12,13,14). The zero-order chi connectivity index (χ0) is 11.0. The largest absolute Gasteiger partial charge is 0.338 e. The molecule has 0 aromatic carbocycles. The summed E-state index contributed by atoms with van der Waals surface area (Å²) < 4.78 is 0. The van der Waals surface area contributed by atoms with Gasteiger partial charge in [0.25, 0.3) is 0 Å². The average Bonchev–Trinajstić information content (AvgIpc) is 2.23. The van der Waals surface area contributed by atoms with Crippen molar-refractivity contribution in [2.45, 2.75) is 58.9 Å². The van der Waals surface area contributed by atoms with E-state index in [2.05, 4.69) is 31.4 Å². The van der Waals surface area contributed by atoms with Crippen molar-refractivity contribution in [2.75, 3.05) is 6.54 Å². The molecule has 0 atom stereocenters. The molecule has 0 heterocycles. The minimum Gasteiger partial charge on any atom is -0.338 e. The van der Waals surface area contributed by atoms with Crippen molar-refractivity contribution in [2.24, 2.45) is 0 Å². The summed E-state index contributed by atoms with van der Waals surface area (Å²) in [6.07, 6.45) is 3.93. The number of carbonyl (C=O) groups is 1. The van der Waals surface area contributed by atoms with Crippen LogP contribution in [-0.2, 0) is 0 Å². The summed E-state index contributed by atoms with van der Waals surface area (Å²) in [5.41, 5.74) is -0.0160. The lowest BCUT2D eigenvalue weighted by Crippen LogP contribution is -2.51. The number of rotatable bonds is 6. The van der Waals surface area contributed by atoms with Crippen molar-refractivity contribution >= 4 is 6.03 Å². The third-order valence-corrected chi connectivity index (χ3v) is 2.94. The van der Waals surface area contributed by atoms with E-state index in [1.165, 1.54) is 0 Å². The number of nitrogens with one attached hydrogen (secondary N) is 2. The van der Waals surface area contributed by atoms with Gasteiger partial charge in [-0.1, -0.05) is 27.7 Å². The fraction of sp³-hybridized carbons (Fsp3) is 0.909. The van der Waals surface area contributed by atoms with E-state index in [-0.39, 0.29) is 11.6 Å². The highest BCUT2D eigenvalue weighted by Crippen LogP contribution is 2.18. The minimum absolute atomic E-state index is 0.0160. The van der Waals surface area contributed by atoms with Crippen molar-refractivity contribution in [3.63, 3.8) is 0 Å². The second kappa shape index (κ2) is 6.68. The van der Waals surface area contributed by atoms with Gasteiger partial charge in [-0.3, -0.25) is 0 Å². The highest BCUT2D eigenvalue weighted by Gasteiger charge is 2.25. The molecule has 2 amide bonds. The topological polar surface area (TPSA) is 41.1 Å². The summed E-state index contributed by atoms with van der Waals surface area (Å²) in [6.45, 7) is 9.15. The molecule has 0 aromatic heterocycles. The van der Waals surface area contributed by atoms with E-state index in [0.29, 0.717) is 0 Å². The van der Waals surface area contributed by atoms with Crippen molar-refractivity contribution in [3.05, 3.63) is 0 Å². The first-order valence-corrected chi connectivity index (χ1v) is 5.70. The molecule has 3 heteroatoms. The van der Waals surface area contributed by atoms with Crippen LogP contribution in [0, 0.1) is 0 Å². The van der Waals surface area contributed by atoms with Crippen LogP contribution in [0.15, 0.2) is 0 Å². The van der Waals surface area contributed by atoms with Crippen LogP contribution in [0.25, 0.3) is 0 Å². The van der Waals surface area contributed by atoms with Gasteiger partial charge in [-0.25, -0.2) is 4.79 Å². The summed E-state index contributed by atoms with van der Waals surface area (Å²) >= 11 is 0. The second-order valence-electron chi connectivity index (χ2n) is 3.72. The van der Waals surface area contributed by atoms with Gasteiger partial charge in [0.1, 0.15) is 0 Å². The molecule has 0 saturated carbocycles. The van der Waals surface area contributed by atoms with Gasteiger partial charge < -0.3 is 10.6 Å². The summed E-state index contributed by atoms with van der Waals surface area (Å²) in [7, 11) is 0. The predicted molar refractivity (Wildman–Crippen MR) is 60.4 cm³/mol. The molecule has 0 spiro atoms. The maximum atomic E-state index is 11.5. The molecular formula is C11H24N2O. The molecule has 0 fully saturated rings. The molecule has 0 aliphatic carbocycles. The summed E-state index contributed by atoms with van der Waals surface area (Å²) in [4.78, 5) is 11.5. The van der Waals surface area contributed by atoms with Crippen LogP contribution in [0.2, 0.25) is 0 Å². The van der Waals surface area contributed by atoms with E-state index in [1.807, 2.05) is 6.92 Å². The Balaban J connectivity index is 4.08. The van der Waals surface area contributed by atoms with E-state index < -0.39 is 0 Å². The highest BCUT2D eigenvalue weighted by atomic mass is 16.2. The molecule has 0 saturated heterocycles. The number of carbonyl (C=O) groups excluding carboxylic acids is 1. The summed E-state index contributed by atoms with van der Waals surface area (Å²) in [6, 6.07) is -0.0302. The molecule has 0 unspecified atom stereocenters. The maximum Gasteiger partial charge on any atom is 0.315 e. The molecule has 0 aromatic rings. The Morgan fingerprint density at radius 1 is 1.07 bits per heavy atom. The van der Waals surface area contributed by atoms with Crippen molar-refractivity contribution in [1.29, 1.82) is 0 Å². The van der Waals surface area contributed by atoms with E-state index >= 15 is 0 Å². The Morgan fingerprint density at radius 2 is 1.57 bits per heavy atom. The zero-order valence-electron chi connectivity index (χ0n) is 9.94. The molecule has 2 N–H and O–H groups in total. The van der Waals surface area contributed by atoms with Crippen molar-refractivity contribution in [3.8, 4) is 0 Å². The first-order chi connectivity index (χ1) is 6.64. The fourth-order valence-corrected chi connectivity index (χ4v) is 1.54. The number of urea groups is 1. The molecule has 0 radical (unpaired) electrons. The quantitative estimate of drug-likeness (QED) is 0.680. The first kappa shape index (κ1) is 13.3. The number of hydrogen-bond acceptors (Lipinski definition) is 1. The molecule has 0 aliphatic rings. The first-order valence-electron chi connectivity index (χ1n) is 5.70. The van der Waals surface area contributed by atoms with Gasteiger partial charge in [0.15, 0.2) is 0 Å². The lowest BCUT2D eigenvalue weighted by atomic mass is 9.90. The van der Waals surface area contributed by atoms with Crippen LogP contribution in [0.5, 0.6) is 0 Å². The molecule has 3 nitrogen and oxygen atoms in total. The van der Waals surface area contributed by atoms with Crippen LogP contribution in [0.3, 0.4) is 0 Å². The Bertz CT molecular complexity index is 156. The Hall–Kier alpha value is -0.730.